The van der Waals surface area contributed by atoms with E-state index in [0.29, 0.717) is 18.7 Å². The summed E-state index contributed by atoms with van der Waals surface area (Å²) in [5, 5.41) is 2.95. The molecule has 0 unspecified atom stereocenters. The molecule has 2 N–H and O–H groups in total. The summed E-state index contributed by atoms with van der Waals surface area (Å²) in [5.41, 5.74) is 1.66. The summed E-state index contributed by atoms with van der Waals surface area (Å²) in [4.78, 5) is 28.9. The molecule has 9 nitrogen and oxygen atoms in total. The molecular weight excluding hydrogens is 628 g/mol. The van der Waals surface area contributed by atoms with Gasteiger partial charge in [0.15, 0.2) is 6.61 Å². The molecule has 1 heterocycles. The molecule has 5 rings (SSSR count). The minimum atomic E-state index is -3.97. The minimum absolute atomic E-state index is 0.0135. The van der Waals surface area contributed by atoms with Gasteiger partial charge in [-0.25, -0.2) is 17.2 Å². The van der Waals surface area contributed by atoms with Crippen molar-refractivity contribution in [3.05, 3.63) is 126 Å². The van der Waals surface area contributed by atoms with E-state index < -0.39 is 40.2 Å². The number of hydrogen-bond acceptors (Lipinski definition) is 6. The van der Waals surface area contributed by atoms with Crippen LogP contribution in [0.3, 0.4) is 0 Å². The van der Waals surface area contributed by atoms with Crippen molar-refractivity contribution < 1.29 is 36.3 Å². The first-order chi connectivity index (χ1) is 22.7. The molecule has 47 heavy (non-hydrogen) atoms. The van der Waals surface area contributed by atoms with Crippen LogP contribution in [-0.4, -0.2) is 57.0 Å². The summed E-state index contributed by atoms with van der Waals surface area (Å²) >= 11 is 0. The lowest BCUT2D eigenvalue weighted by Gasteiger charge is -2.31. The number of amides is 2. The van der Waals surface area contributed by atoms with E-state index in [0.717, 1.165) is 30.5 Å². The lowest BCUT2D eigenvalue weighted by molar-refractivity contribution is -0.143. The van der Waals surface area contributed by atoms with E-state index in [1.807, 2.05) is 30.3 Å². The number of benzene rings is 4. The van der Waals surface area contributed by atoms with E-state index in [-0.39, 0.29) is 41.3 Å². The third-order valence-corrected chi connectivity index (χ3v) is 9.06. The molecule has 246 valence electrons. The van der Waals surface area contributed by atoms with Crippen molar-refractivity contribution in [3.63, 3.8) is 0 Å². The van der Waals surface area contributed by atoms with Gasteiger partial charge >= 0.3 is 0 Å². The number of carbonyl (C=O) groups is 2. The maximum Gasteiger partial charge on any atom is 0.261 e. The van der Waals surface area contributed by atoms with Gasteiger partial charge in [-0.2, -0.15) is 0 Å². The molecule has 0 radical (unpaired) electrons. The molecule has 4 aromatic carbocycles. The highest BCUT2D eigenvalue weighted by atomic mass is 32.2. The molecule has 2 amide bonds. The van der Waals surface area contributed by atoms with Crippen LogP contribution in [0.1, 0.15) is 24.0 Å². The van der Waals surface area contributed by atoms with Crippen molar-refractivity contribution >= 4 is 27.5 Å². The first-order valence-corrected chi connectivity index (χ1v) is 16.6. The van der Waals surface area contributed by atoms with Gasteiger partial charge in [0, 0.05) is 31.8 Å². The largest absolute Gasteiger partial charge is 0.484 e. The smallest absolute Gasteiger partial charge is 0.261 e. The average molecular weight is 664 g/mol. The van der Waals surface area contributed by atoms with Gasteiger partial charge in [-0.3, -0.25) is 14.3 Å². The predicted octanol–water partition coefficient (Wildman–Crippen LogP) is 5.08. The van der Waals surface area contributed by atoms with Crippen LogP contribution < -0.4 is 14.8 Å². The average Bonchev–Trinajstić information content (AvgIpc) is 3.60. The van der Waals surface area contributed by atoms with Crippen LogP contribution in [0.2, 0.25) is 0 Å². The van der Waals surface area contributed by atoms with Crippen LogP contribution in [-0.2, 0) is 37.3 Å². The third-order valence-electron chi connectivity index (χ3n) is 7.66. The number of ether oxygens (including phenoxy) is 2. The van der Waals surface area contributed by atoms with Gasteiger partial charge in [0.05, 0.1) is 11.0 Å². The molecule has 1 fully saturated rings. The number of carbonyl (C=O) groups excluding carboxylic acids is 2. The second-order valence-corrected chi connectivity index (χ2v) is 12.8. The van der Waals surface area contributed by atoms with Gasteiger partial charge in [-0.1, -0.05) is 42.5 Å². The Morgan fingerprint density at radius 2 is 1.53 bits per heavy atom. The van der Waals surface area contributed by atoms with E-state index in [1.54, 1.807) is 12.1 Å². The number of nitrogens with one attached hydrogen (secondary N) is 2. The summed E-state index contributed by atoms with van der Waals surface area (Å²) in [6, 6.07) is 24.4. The highest BCUT2D eigenvalue weighted by Gasteiger charge is 2.31. The van der Waals surface area contributed by atoms with E-state index >= 15 is 0 Å². The molecule has 0 saturated carbocycles. The summed E-state index contributed by atoms with van der Waals surface area (Å²) in [6.07, 6.45) is 1.87. The molecular formula is C35H35F2N3O6S. The predicted molar refractivity (Wildman–Crippen MR) is 172 cm³/mol. The van der Waals surface area contributed by atoms with Crippen LogP contribution in [0.4, 0.5) is 14.5 Å². The Morgan fingerprint density at radius 1 is 0.872 bits per heavy atom. The van der Waals surface area contributed by atoms with Gasteiger partial charge in [-0.05, 0) is 84.6 Å². The summed E-state index contributed by atoms with van der Waals surface area (Å²) in [7, 11) is -3.97. The van der Waals surface area contributed by atoms with E-state index in [4.69, 9.17) is 9.47 Å². The van der Waals surface area contributed by atoms with Gasteiger partial charge in [0.25, 0.3) is 15.9 Å². The number of rotatable bonds is 14. The number of nitrogens with zero attached hydrogens (tertiary/aromatic N) is 1. The zero-order valence-electron chi connectivity index (χ0n) is 25.5. The number of hydrogen-bond donors (Lipinski definition) is 2. The van der Waals surface area contributed by atoms with Crippen molar-refractivity contribution in [1.29, 1.82) is 0 Å². The molecule has 0 aromatic heterocycles. The quantitative estimate of drug-likeness (QED) is 0.195. The number of anilines is 1. The van der Waals surface area contributed by atoms with E-state index in [1.165, 1.54) is 53.4 Å². The Hall–Kier alpha value is -4.81. The highest BCUT2D eigenvalue weighted by Crippen LogP contribution is 2.21. The summed E-state index contributed by atoms with van der Waals surface area (Å²) in [5.74, 6) is -1.56. The van der Waals surface area contributed by atoms with Crippen LogP contribution in [0.15, 0.2) is 108 Å². The highest BCUT2D eigenvalue weighted by molar-refractivity contribution is 7.92. The zero-order chi connectivity index (χ0) is 33.2. The molecule has 1 saturated heterocycles. The second-order valence-electron chi connectivity index (χ2n) is 11.1. The standard InChI is InChI=1S/C35H35F2N3O6S/c36-27-10-8-26(9-11-27)23-40(33(21-25-5-2-1-3-6-25)35(42)38-22-31-7-4-20-45-31)34(41)24-46-30-16-18-32(19-17-30)47(43,44)39-29-14-12-28(37)13-15-29/h1-3,5-6,8-19,31,33,39H,4,7,20-24H2,(H,38,42)/t31-,33-/m1/s1. The molecule has 1 aliphatic heterocycles. The van der Waals surface area contributed by atoms with Gasteiger partial charge in [-0.15, -0.1) is 0 Å². The van der Waals surface area contributed by atoms with Crippen molar-refractivity contribution in [2.24, 2.45) is 0 Å². The van der Waals surface area contributed by atoms with Gasteiger partial charge < -0.3 is 19.7 Å². The van der Waals surface area contributed by atoms with Gasteiger partial charge in [0.2, 0.25) is 5.91 Å². The van der Waals surface area contributed by atoms with Crippen molar-refractivity contribution in [3.8, 4) is 5.75 Å². The Kier molecular flexibility index (Phi) is 11.2. The van der Waals surface area contributed by atoms with E-state index in [9.17, 15) is 26.8 Å². The number of halogens is 2. The minimum Gasteiger partial charge on any atom is -0.484 e. The van der Waals surface area contributed by atoms with Crippen molar-refractivity contribution in [2.45, 2.75) is 42.8 Å². The molecule has 2 atom stereocenters. The lowest BCUT2D eigenvalue weighted by Crippen LogP contribution is -2.52. The maximum atomic E-state index is 13.8. The normalized spacial score (nSPS) is 15.1. The fourth-order valence-corrected chi connectivity index (χ4v) is 6.21. The lowest BCUT2D eigenvalue weighted by atomic mass is 10.0. The Bertz CT molecular complexity index is 1730. The number of sulfonamides is 1. The molecule has 12 heteroatoms. The molecule has 1 aliphatic rings. The van der Waals surface area contributed by atoms with E-state index in [2.05, 4.69) is 10.0 Å². The maximum absolute atomic E-state index is 13.8. The molecule has 0 bridgehead atoms. The second kappa shape index (κ2) is 15.7. The third kappa shape index (κ3) is 9.60. The summed E-state index contributed by atoms with van der Waals surface area (Å²) in [6.45, 7) is 0.508. The zero-order valence-corrected chi connectivity index (χ0v) is 26.3. The van der Waals surface area contributed by atoms with Crippen molar-refractivity contribution in [2.75, 3.05) is 24.5 Å². The van der Waals surface area contributed by atoms with Crippen LogP contribution in [0, 0.1) is 11.6 Å². The first kappa shape index (κ1) is 33.6. The van der Waals surface area contributed by atoms with Crippen molar-refractivity contribution in [1.82, 2.24) is 10.2 Å². The Balaban J connectivity index is 1.32. The van der Waals surface area contributed by atoms with Crippen LogP contribution in [0.25, 0.3) is 0 Å². The monoisotopic (exact) mass is 663 g/mol. The summed E-state index contributed by atoms with van der Waals surface area (Å²) < 4.78 is 66.3. The topological polar surface area (TPSA) is 114 Å². The Morgan fingerprint density at radius 3 is 2.17 bits per heavy atom. The fourth-order valence-electron chi connectivity index (χ4n) is 5.15. The first-order valence-electron chi connectivity index (χ1n) is 15.1. The molecule has 0 aliphatic carbocycles. The van der Waals surface area contributed by atoms with Gasteiger partial charge in [0.1, 0.15) is 23.4 Å². The fraction of sp³-hybridized carbons (Fsp3) is 0.257. The Labute approximate surface area is 272 Å². The molecule has 0 spiro atoms. The van der Waals surface area contributed by atoms with Crippen LogP contribution in [0.5, 0.6) is 5.75 Å². The SMILES string of the molecule is O=C(NC[C@H]1CCCO1)[C@@H](Cc1ccccc1)N(Cc1ccc(F)cc1)C(=O)COc1ccc(S(=O)(=O)Nc2ccc(F)cc2)cc1. The molecule has 4 aromatic rings. The van der Waals surface area contributed by atoms with Crippen LogP contribution >= 0.6 is 0 Å².